The summed E-state index contributed by atoms with van der Waals surface area (Å²) in [4.78, 5) is 0. The minimum atomic E-state index is -0.307. The topological polar surface area (TPSA) is 21.3 Å². The van der Waals surface area contributed by atoms with Gasteiger partial charge >= 0.3 is 0 Å². The normalized spacial score (nSPS) is 17.2. The Morgan fingerprint density at radius 2 is 2.10 bits per heavy atom. The van der Waals surface area contributed by atoms with Gasteiger partial charge in [0.2, 0.25) is 0 Å². The Bertz CT molecular complexity index is 639. The van der Waals surface area contributed by atoms with Crippen molar-refractivity contribution in [3.63, 3.8) is 0 Å². The van der Waals surface area contributed by atoms with Crippen LogP contribution in [-0.2, 0) is 12.8 Å². The number of hydrogen-bond acceptors (Lipinski definition) is 2. The molecule has 21 heavy (non-hydrogen) atoms. The lowest BCUT2D eigenvalue weighted by Gasteiger charge is -2.27. The van der Waals surface area contributed by atoms with E-state index in [1.54, 1.807) is 19.2 Å². The van der Waals surface area contributed by atoms with E-state index in [0.717, 1.165) is 25.0 Å². The third-order valence-corrected chi connectivity index (χ3v) is 4.27. The van der Waals surface area contributed by atoms with Crippen LogP contribution in [-0.4, -0.2) is 13.2 Å². The molecule has 3 rings (SSSR count). The third-order valence-electron chi connectivity index (χ3n) is 3.95. The van der Waals surface area contributed by atoms with Gasteiger partial charge in [0.1, 0.15) is 11.6 Å². The van der Waals surface area contributed by atoms with Crippen LogP contribution in [0.15, 0.2) is 36.4 Å². The molecule has 1 aliphatic rings. The third kappa shape index (κ3) is 2.98. The molecule has 1 N–H and O–H groups in total. The minimum Gasteiger partial charge on any atom is -0.497 e. The fraction of sp³-hybridized carbons (Fsp3) is 0.294. The maximum absolute atomic E-state index is 13.9. The lowest BCUT2D eigenvalue weighted by Crippen LogP contribution is -2.28. The molecule has 2 aromatic rings. The van der Waals surface area contributed by atoms with Gasteiger partial charge in [0.05, 0.1) is 17.8 Å². The van der Waals surface area contributed by atoms with Gasteiger partial charge in [0, 0.05) is 6.04 Å². The van der Waals surface area contributed by atoms with Gasteiger partial charge in [0.15, 0.2) is 0 Å². The first-order chi connectivity index (χ1) is 10.2. The summed E-state index contributed by atoms with van der Waals surface area (Å²) in [6.45, 7) is 0. The summed E-state index contributed by atoms with van der Waals surface area (Å²) in [5.41, 5.74) is 2.99. The van der Waals surface area contributed by atoms with Crippen LogP contribution in [0.3, 0.4) is 0 Å². The number of hydrogen-bond donors (Lipinski definition) is 1. The summed E-state index contributed by atoms with van der Waals surface area (Å²) < 4.78 is 19.1. The van der Waals surface area contributed by atoms with Crippen LogP contribution < -0.4 is 10.1 Å². The molecule has 0 saturated heterocycles. The number of aryl methyl sites for hydroxylation is 1. The highest BCUT2D eigenvalue weighted by Crippen LogP contribution is 2.30. The fourth-order valence-corrected chi connectivity index (χ4v) is 3.04. The van der Waals surface area contributed by atoms with Gasteiger partial charge in [-0.25, -0.2) is 4.39 Å². The maximum atomic E-state index is 13.9. The lowest BCUT2D eigenvalue weighted by molar-refractivity contribution is 0.413. The van der Waals surface area contributed by atoms with Crippen molar-refractivity contribution >= 4 is 17.3 Å². The van der Waals surface area contributed by atoms with Crippen LogP contribution in [0.1, 0.15) is 17.5 Å². The molecule has 1 atom stereocenters. The summed E-state index contributed by atoms with van der Waals surface area (Å²) in [5.74, 6) is 0.553. The molecule has 1 unspecified atom stereocenters. The van der Waals surface area contributed by atoms with E-state index in [4.69, 9.17) is 16.3 Å². The van der Waals surface area contributed by atoms with Crippen LogP contribution in [0.2, 0.25) is 5.02 Å². The molecule has 0 fully saturated rings. The number of para-hydroxylation sites is 1. The number of fused-ring (bicyclic) bond motifs is 1. The first-order valence-electron chi connectivity index (χ1n) is 7.03. The van der Waals surface area contributed by atoms with E-state index < -0.39 is 0 Å². The Hall–Kier alpha value is -1.74. The average Bonchev–Trinajstić information content (AvgIpc) is 2.50. The van der Waals surface area contributed by atoms with Crippen LogP contribution >= 0.6 is 11.6 Å². The fourth-order valence-electron chi connectivity index (χ4n) is 2.82. The number of methoxy groups -OCH3 is 1. The van der Waals surface area contributed by atoms with E-state index in [2.05, 4.69) is 17.4 Å². The van der Waals surface area contributed by atoms with E-state index in [0.29, 0.717) is 10.7 Å². The van der Waals surface area contributed by atoms with Crippen molar-refractivity contribution in [2.75, 3.05) is 12.4 Å². The molecule has 0 aliphatic heterocycles. The van der Waals surface area contributed by atoms with Crippen molar-refractivity contribution in [1.82, 2.24) is 0 Å². The molecule has 2 nitrogen and oxygen atoms in total. The number of ether oxygens (including phenoxy) is 1. The van der Waals surface area contributed by atoms with Gasteiger partial charge < -0.3 is 10.1 Å². The average molecular weight is 306 g/mol. The molecule has 1 aliphatic carbocycles. The summed E-state index contributed by atoms with van der Waals surface area (Å²) in [7, 11) is 1.67. The zero-order valence-corrected chi connectivity index (χ0v) is 12.6. The minimum absolute atomic E-state index is 0.180. The highest BCUT2D eigenvalue weighted by molar-refractivity contribution is 6.33. The second kappa shape index (κ2) is 5.94. The number of benzene rings is 2. The van der Waals surface area contributed by atoms with E-state index in [1.807, 2.05) is 6.07 Å². The highest BCUT2D eigenvalue weighted by Gasteiger charge is 2.20. The van der Waals surface area contributed by atoms with Crippen molar-refractivity contribution in [3.05, 3.63) is 58.4 Å². The van der Waals surface area contributed by atoms with Crippen LogP contribution in [0.4, 0.5) is 10.1 Å². The SMILES string of the molecule is COc1ccc2c(c1)CC(Nc1c(F)cccc1Cl)CC2. The van der Waals surface area contributed by atoms with Gasteiger partial charge in [-0.15, -0.1) is 0 Å². The van der Waals surface area contributed by atoms with Crippen molar-refractivity contribution in [3.8, 4) is 5.75 Å². The molecule has 0 bridgehead atoms. The summed E-state index contributed by atoms with van der Waals surface area (Å²) in [5, 5.41) is 3.67. The van der Waals surface area contributed by atoms with Gasteiger partial charge in [-0.05, 0) is 54.7 Å². The smallest absolute Gasteiger partial charge is 0.147 e. The first-order valence-corrected chi connectivity index (χ1v) is 7.41. The number of anilines is 1. The second-order valence-corrected chi connectivity index (χ2v) is 5.72. The van der Waals surface area contributed by atoms with E-state index in [9.17, 15) is 4.39 Å². The Balaban J connectivity index is 1.80. The van der Waals surface area contributed by atoms with Gasteiger partial charge in [0.25, 0.3) is 0 Å². The Labute approximate surface area is 128 Å². The lowest BCUT2D eigenvalue weighted by atomic mass is 9.88. The van der Waals surface area contributed by atoms with Crippen molar-refractivity contribution in [2.45, 2.75) is 25.3 Å². The van der Waals surface area contributed by atoms with E-state index in [1.165, 1.54) is 17.2 Å². The Kier molecular flexibility index (Phi) is 4.02. The highest BCUT2D eigenvalue weighted by atomic mass is 35.5. The molecule has 0 radical (unpaired) electrons. The standard InChI is InChI=1S/C17H17ClFNO/c1-21-14-8-6-11-5-7-13(9-12(11)10-14)20-17-15(18)3-2-4-16(17)19/h2-4,6,8,10,13,20H,5,7,9H2,1H3. The largest absolute Gasteiger partial charge is 0.497 e. The summed E-state index contributed by atoms with van der Waals surface area (Å²) in [6.07, 6.45) is 2.78. The molecule has 4 heteroatoms. The van der Waals surface area contributed by atoms with Crippen molar-refractivity contribution < 1.29 is 9.13 Å². The first kappa shape index (κ1) is 14.2. The zero-order valence-electron chi connectivity index (χ0n) is 11.8. The van der Waals surface area contributed by atoms with Gasteiger partial charge in [-0.1, -0.05) is 23.7 Å². The predicted octanol–water partition coefficient (Wildman–Crippen LogP) is 4.46. The van der Waals surface area contributed by atoms with E-state index in [-0.39, 0.29) is 11.9 Å². The monoisotopic (exact) mass is 305 g/mol. The molecule has 110 valence electrons. The Morgan fingerprint density at radius 1 is 1.24 bits per heavy atom. The summed E-state index contributed by atoms with van der Waals surface area (Å²) in [6, 6.07) is 11.1. The molecule has 0 saturated carbocycles. The number of rotatable bonds is 3. The molecule has 0 spiro atoms. The van der Waals surface area contributed by atoms with Crippen LogP contribution in [0.25, 0.3) is 0 Å². The molecular formula is C17H17ClFNO. The quantitative estimate of drug-likeness (QED) is 0.904. The van der Waals surface area contributed by atoms with Gasteiger partial charge in [-0.2, -0.15) is 0 Å². The Morgan fingerprint density at radius 3 is 2.86 bits per heavy atom. The van der Waals surface area contributed by atoms with Crippen LogP contribution in [0.5, 0.6) is 5.75 Å². The van der Waals surface area contributed by atoms with Gasteiger partial charge in [-0.3, -0.25) is 0 Å². The summed E-state index contributed by atoms with van der Waals surface area (Å²) >= 11 is 6.07. The second-order valence-electron chi connectivity index (χ2n) is 5.32. The molecular weight excluding hydrogens is 289 g/mol. The van der Waals surface area contributed by atoms with Crippen molar-refractivity contribution in [2.24, 2.45) is 0 Å². The molecule has 0 heterocycles. The maximum Gasteiger partial charge on any atom is 0.147 e. The molecule has 2 aromatic carbocycles. The zero-order chi connectivity index (χ0) is 14.8. The van der Waals surface area contributed by atoms with Crippen LogP contribution in [0, 0.1) is 5.82 Å². The predicted molar refractivity (Wildman–Crippen MR) is 83.8 cm³/mol. The van der Waals surface area contributed by atoms with Crippen molar-refractivity contribution in [1.29, 1.82) is 0 Å². The van der Waals surface area contributed by atoms with E-state index >= 15 is 0 Å². The molecule has 0 amide bonds. The number of halogens is 2. The molecule has 0 aromatic heterocycles. The number of nitrogens with one attached hydrogen (secondary N) is 1.